The van der Waals surface area contributed by atoms with Gasteiger partial charge in [-0.3, -0.25) is 4.57 Å². The van der Waals surface area contributed by atoms with Gasteiger partial charge in [0.25, 0.3) is 0 Å². The number of aromatic nitrogens is 2. The molecular formula is C13H12IN3O4. The Morgan fingerprint density at radius 2 is 2.24 bits per heavy atom. The summed E-state index contributed by atoms with van der Waals surface area (Å²) in [7, 11) is 0. The number of imidazole rings is 1. The summed E-state index contributed by atoms with van der Waals surface area (Å²) in [6.07, 6.45) is 1.40. The molecule has 0 saturated carbocycles. The third kappa shape index (κ3) is 3.26. The molecule has 1 aromatic carbocycles. The Morgan fingerprint density at radius 3 is 2.95 bits per heavy atom. The molecule has 0 amide bonds. The van der Waals surface area contributed by atoms with E-state index in [0.717, 1.165) is 9.32 Å². The van der Waals surface area contributed by atoms with Gasteiger partial charge < -0.3 is 19.6 Å². The van der Waals surface area contributed by atoms with Crippen molar-refractivity contribution in [3.05, 3.63) is 44.1 Å². The van der Waals surface area contributed by atoms with E-state index in [1.54, 1.807) is 4.57 Å². The SMILES string of the molecule is O=[N+]([O-])c1cn2c(n1)OCC(COc1ccc(I)cc1)C2. The maximum absolute atomic E-state index is 10.7. The van der Waals surface area contributed by atoms with E-state index in [1.807, 2.05) is 24.3 Å². The number of rotatable bonds is 4. The van der Waals surface area contributed by atoms with Gasteiger partial charge in [0.15, 0.2) is 0 Å². The van der Waals surface area contributed by atoms with Gasteiger partial charge in [-0.2, -0.15) is 0 Å². The molecule has 1 atom stereocenters. The molecule has 110 valence electrons. The summed E-state index contributed by atoms with van der Waals surface area (Å²) in [6, 6.07) is 8.08. The summed E-state index contributed by atoms with van der Waals surface area (Å²) in [6.45, 7) is 1.53. The minimum atomic E-state index is -0.522. The Morgan fingerprint density at radius 1 is 1.48 bits per heavy atom. The standard InChI is InChI=1S/C13H12IN3O4/c14-10-1-3-11(4-2-10)20-7-9-5-16-6-12(17(18)19)15-13(16)21-8-9/h1-4,6,9H,5,7-8H2. The van der Waals surface area contributed by atoms with Crippen LogP contribution in [0.15, 0.2) is 30.5 Å². The van der Waals surface area contributed by atoms with Gasteiger partial charge in [-0.05, 0) is 51.8 Å². The van der Waals surface area contributed by atoms with Gasteiger partial charge in [-0.1, -0.05) is 0 Å². The second kappa shape index (κ2) is 5.88. The molecule has 3 rings (SSSR count). The topological polar surface area (TPSA) is 79.4 Å². The molecule has 0 fully saturated rings. The van der Waals surface area contributed by atoms with Crippen LogP contribution in [0.2, 0.25) is 0 Å². The van der Waals surface area contributed by atoms with Crippen LogP contribution < -0.4 is 9.47 Å². The molecule has 8 heteroatoms. The number of ether oxygens (including phenoxy) is 2. The molecule has 0 saturated heterocycles. The smallest absolute Gasteiger partial charge is 0.414 e. The van der Waals surface area contributed by atoms with Gasteiger partial charge in [0.2, 0.25) is 0 Å². The summed E-state index contributed by atoms with van der Waals surface area (Å²) in [5.41, 5.74) is 0. The highest BCUT2D eigenvalue weighted by Gasteiger charge is 2.28. The van der Waals surface area contributed by atoms with E-state index in [0.29, 0.717) is 25.8 Å². The van der Waals surface area contributed by atoms with E-state index in [1.165, 1.54) is 6.20 Å². The maximum Gasteiger partial charge on any atom is 0.414 e. The van der Waals surface area contributed by atoms with Crippen molar-refractivity contribution in [3.63, 3.8) is 0 Å². The first kappa shape index (κ1) is 14.1. The van der Waals surface area contributed by atoms with Crippen LogP contribution in [0, 0.1) is 19.6 Å². The molecule has 0 bridgehead atoms. The Hall–Kier alpha value is -1.84. The number of benzene rings is 1. The van der Waals surface area contributed by atoms with Crippen molar-refractivity contribution in [1.29, 1.82) is 0 Å². The zero-order valence-electron chi connectivity index (χ0n) is 10.9. The predicted octanol–water partition coefficient (Wildman–Crippen LogP) is 2.48. The fraction of sp³-hybridized carbons (Fsp3) is 0.308. The van der Waals surface area contributed by atoms with Crippen LogP contribution in [0.1, 0.15) is 0 Å². The molecule has 0 aliphatic carbocycles. The fourth-order valence-corrected chi connectivity index (χ4v) is 2.45. The van der Waals surface area contributed by atoms with Crippen molar-refractivity contribution in [2.24, 2.45) is 5.92 Å². The van der Waals surface area contributed by atoms with Crippen LogP contribution >= 0.6 is 22.6 Å². The highest BCUT2D eigenvalue weighted by atomic mass is 127. The van der Waals surface area contributed by atoms with Gasteiger partial charge in [0.1, 0.15) is 18.6 Å². The molecule has 1 aromatic heterocycles. The van der Waals surface area contributed by atoms with E-state index >= 15 is 0 Å². The second-order valence-electron chi connectivity index (χ2n) is 4.73. The van der Waals surface area contributed by atoms with Crippen molar-refractivity contribution in [1.82, 2.24) is 9.55 Å². The van der Waals surface area contributed by atoms with Crippen molar-refractivity contribution >= 4 is 28.4 Å². The maximum atomic E-state index is 10.7. The molecule has 0 N–H and O–H groups in total. The van der Waals surface area contributed by atoms with Crippen molar-refractivity contribution in [2.45, 2.75) is 6.54 Å². The Balaban J connectivity index is 1.61. The lowest BCUT2D eigenvalue weighted by atomic mass is 10.1. The first-order valence-corrected chi connectivity index (χ1v) is 7.42. The van der Waals surface area contributed by atoms with Crippen LogP contribution in [0.3, 0.4) is 0 Å². The normalized spacial score (nSPS) is 16.9. The van der Waals surface area contributed by atoms with Gasteiger partial charge >= 0.3 is 11.8 Å². The molecule has 0 radical (unpaired) electrons. The van der Waals surface area contributed by atoms with Crippen LogP contribution in [0.4, 0.5) is 5.82 Å². The Bertz CT molecular complexity index is 656. The lowest BCUT2D eigenvalue weighted by Gasteiger charge is -2.22. The minimum Gasteiger partial charge on any atom is -0.493 e. The van der Waals surface area contributed by atoms with Gasteiger partial charge in [0, 0.05) is 21.0 Å². The van der Waals surface area contributed by atoms with E-state index in [2.05, 4.69) is 27.6 Å². The van der Waals surface area contributed by atoms with Crippen LogP contribution in [-0.4, -0.2) is 27.7 Å². The highest BCUT2D eigenvalue weighted by Crippen LogP contribution is 2.24. The first-order chi connectivity index (χ1) is 10.1. The van der Waals surface area contributed by atoms with Crippen molar-refractivity contribution in [2.75, 3.05) is 13.2 Å². The first-order valence-electron chi connectivity index (χ1n) is 6.34. The monoisotopic (exact) mass is 401 g/mol. The van der Waals surface area contributed by atoms with Crippen molar-refractivity contribution < 1.29 is 14.4 Å². The number of fused-ring (bicyclic) bond motifs is 1. The summed E-state index contributed by atoms with van der Waals surface area (Å²) in [5, 5.41) is 10.7. The fourth-order valence-electron chi connectivity index (χ4n) is 2.09. The Kier molecular flexibility index (Phi) is 3.95. The number of halogens is 1. The van der Waals surface area contributed by atoms with E-state index in [-0.39, 0.29) is 11.7 Å². The van der Waals surface area contributed by atoms with E-state index in [4.69, 9.17) is 9.47 Å². The summed E-state index contributed by atoms with van der Waals surface area (Å²) < 4.78 is 14.0. The number of hydrogen-bond acceptors (Lipinski definition) is 5. The number of hydrogen-bond donors (Lipinski definition) is 0. The number of nitro groups is 1. The second-order valence-corrected chi connectivity index (χ2v) is 5.98. The largest absolute Gasteiger partial charge is 0.493 e. The van der Waals surface area contributed by atoms with E-state index in [9.17, 15) is 10.1 Å². The average molecular weight is 401 g/mol. The van der Waals surface area contributed by atoms with Crippen LogP contribution in [0.5, 0.6) is 11.8 Å². The zero-order chi connectivity index (χ0) is 14.8. The molecule has 2 aromatic rings. The Labute approximate surface area is 134 Å². The lowest BCUT2D eigenvalue weighted by Crippen LogP contribution is -2.29. The third-order valence-corrected chi connectivity index (χ3v) is 3.84. The van der Waals surface area contributed by atoms with Crippen molar-refractivity contribution in [3.8, 4) is 11.8 Å². The number of nitrogens with zero attached hydrogens (tertiary/aromatic N) is 3. The summed E-state index contributed by atoms with van der Waals surface area (Å²) in [4.78, 5) is 14.0. The third-order valence-electron chi connectivity index (χ3n) is 3.12. The summed E-state index contributed by atoms with van der Waals surface area (Å²) >= 11 is 2.24. The predicted molar refractivity (Wildman–Crippen MR) is 82.5 cm³/mol. The molecular weight excluding hydrogens is 389 g/mol. The average Bonchev–Trinajstić information content (AvgIpc) is 2.90. The molecule has 1 aliphatic rings. The van der Waals surface area contributed by atoms with Gasteiger partial charge in [-0.15, -0.1) is 0 Å². The van der Waals surface area contributed by atoms with Crippen LogP contribution in [0.25, 0.3) is 0 Å². The molecule has 21 heavy (non-hydrogen) atoms. The molecule has 2 heterocycles. The minimum absolute atomic E-state index is 0.130. The molecule has 1 unspecified atom stereocenters. The zero-order valence-corrected chi connectivity index (χ0v) is 13.1. The highest BCUT2D eigenvalue weighted by molar-refractivity contribution is 14.1. The molecule has 0 spiro atoms. The van der Waals surface area contributed by atoms with Gasteiger partial charge in [0.05, 0.1) is 6.61 Å². The molecule has 1 aliphatic heterocycles. The lowest BCUT2D eigenvalue weighted by molar-refractivity contribution is -0.389. The summed E-state index contributed by atoms with van der Waals surface area (Å²) in [5.74, 6) is 0.743. The molecule has 7 nitrogen and oxygen atoms in total. The van der Waals surface area contributed by atoms with Gasteiger partial charge in [-0.25, -0.2) is 0 Å². The van der Waals surface area contributed by atoms with Crippen LogP contribution in [-0.2, 0) is 6.54 Å². The van der Waals surface area contributed by atoms with E-state index < -0.39 is 4.92 Å². The quantitative estimate of drug-likeness (QED) is 0.447.